The van der Waals surface area contributed by atoms with Crippen LogP contribution in [-0.4, -0.2) is 36.9 Å². The summed E-state index contributed by atoms with van der Waals surface area (Å²) in [5.74, 6) is -0.544. The van der Waals surface area contributed by atoms with Crippen LogP contribution in [0.5, 0.6) is 0 Å². The maximum atomic E-state index is 10.8. The highest BCUT2D eigenvalue weighted by atomic mass is 35.5. The van der Waals surface area contributed by atoms with Gasteiger partial charge in [-0.05, 0) is 6.54 Å². The molecule has 0 saturated carbocycles. The molecular weight excluding hydrogens is 170 g/mol. The molecular formula is C6H12ClNO3. The van der Waals surface area contributed by atoms with Crippen molar-refractivity contribution in [2.45, 2.75) is 12.0 Å². The minimum absolute atomic E-state index is 0. The van der Waals surface area contributed by atoms with Crippen molar-refractivity contribution < 1.29 is 14.6 Å². The lowest BCUT2D eigenvalue weighted by Gasteiger charge is -2.16. The summed E-state index contributed by atoms with van der Waals surface area (Å²) in [5, 5.41) is 12.3. The molecule has 0 amide bonds. The van der Waals surface area contributed by atoms with Gasteiger partial charge < -0.3 is 15.2 Å². The van der Waals surface area contributed by atoms with Crippen molar-refractivity contribution in [1.29, 1.82) is 0 Å². The second-order valence-electron chi connectivity index (χ2n) is 2.45. The van der Waals surface area contributed by atoms with Gasteiger partial charge in [0, 0.05) is 13.0 Å². The number of β-amino-alcohol motifs (C(OH)–C–C–N with tert-alkyl or cyclic N) is 1. The van der Waals surface area contributed by atoms with E-state index in [9.17, 15) is 9.90 Å². The molecule has 0 aromatic heterocycles. The van der Waals surface area contributed by atoms with Crippen LogP contribution >= 0.6 is 12.4 Å². The summed E-state index contributed by atoms with van der Waals surface area (Å²) in [4.78, 5) is 10.8. The van der Waals surface area contributed by atoms with Crippen molar-refractivity contribution in [3.05, 3.63) is 0 Å². The lowest BCUT2D eigenvalue weighted by atomic mass is 10.0. The number of hydrogen-bond acceptors (Lipinski definition) is 4. The Kier molecular flexibility index (Phi) is 3.78. The number of halogens is 1. The topological polar surface area (TPSA) is 58.6 Å². The first kappa shape index (κ1) is 10.7. The monoisotopic (exact) mass is 181 g/mol. The zero-order valence-electron chi connectivity index (χ0n) is 6.29. The lowest BCUT2D eigenvalue weighted by Crippen LogP contribution is -2.41. The number of aliphatic hydroxyl groups is 1. The fourth-order valence-electron chi connectivity index (χ4n) is 1.04. The third-order valence-electron chi connectivity index (χ3n) is 1.70. The summed E-state index contributed by atoms with van der Waals surface area (Å²) in [7, 11) is 1.28. The van der Waals surface area contributed by atoms with Gasteiger partial charge >= 0.3 is 5.97 Å². The van der Waals surface area contributed by atoms with Gasteiger partial charge in [0.05, 0.1) is 7.11 Å². The second-order valence-corrected chi connectivity index (χ2v) is 2.45. The molecule has 0 bridgehead atoms. The molecule has 0 unspecified atom stereocenters. The normalized spacial score (nSPS) is 29.3. The third-order valence-corrected chi connectivity index (χ3v) is 1.70. The van der Waals surface area contributed by atoms with Crippen LogP contribution in [0.25, 0.3) is 0 Å². The van der Waals surface area contributed by atoms with Crippen LogP contribution in [0.2, 0.25) is 0 Å². The smallest absolute Gasteiger partial charge is 0.339 e. The predicted molar refractivity (Wildman–Crippen MR) is 41.7 cm³/mol. The Morgan fingerprint density at radius 3 is 2.73 bits per heavy atom. The van der Waals surface area contributed by atoms with E-state index < -0.39 is 11.6 Å². The molecule has 0 radical (unpaired) electrons. The molecule has 1 aliphatic rings. The number of carbonyl (C=O) groups is 1. The Morgan fingerprint density at radius 2 is 2.36 bits per heavy atom. The maximum Gasteiger partial charge on any atom is 0.339 e. The van der Waals surface area contributed by atoms with Crippen LogP contribution in [0, 0.1) is 0 Å². The van der Waals surface area contributed by atoms with Crippen molar-refractivity contribution in [1.82, 2.24) is 5.32 Å². The molecule has 1 saturated heterocycles. The molecule has 0 aliphatic carbocycles. The van der Waals surface area contributed by atoms with E-state index in [0.29, 0.717) is 19.5 Å². The summed E-state index contributed by atoms with van der Waals surface area (Å²) < 4.78 is 4.41. The van der Waals surface area contributed by atoms with E-state index in [-0.39, 0.29) is 12.4 Å². The number of esters is 1. The Balaban J connectivity index is 0.000001000. The lowest BCUT2D eigenvalue weighted by molar-refractivity contribution is -0.160. The zero-order valence-corrected chi connectivity index (χ0v) is 7.11. The molecule has 11 heavy (non-hydrogen) atoms. The van der Waals surface area contributed by atoms with Crippen LogP contribution in [0.1, 0.15) is 6.42 Å². The van der Waals surface area contributed by atoms with Crippen molar-refractivity contribution >= 4 is 18.4 Å². The number of ether oxygens (including phenoxy) is 1. The average molecular weight is 182 g/mol. The number of carbonyl (C=O) groups excluding carboxylic acids is 1. The highest BCUT2D eigenvalue weighted by Crippen LogP contribution is 2.14. The minimum Gasteiger partial charge on any atom is -0.467 e. The number of methoxy groups -OCH3 is 1. The van der Waals surface area contributed by atoms with Gasteiger partial charge in [-0.3, -0.25) is 0 Å². The highest BCUT2D eigenvalue weighted by molar-refractivity contribution is 5.85. The van der Waals surface area contributed by atoms with Crippen LogP contribution in [0.3, 0.4) is 0 Å². The Labute approximate surface area is 71.3 Å². The van der Waals surface area contributed by atoms with E-state index in [0.717, 1.165) is 0 Å². The van der Waals surface area contributed by atoms with Crippen LogP contribution in [0.4, 0.5) is 0 Å². The van der Waals surface area contributed by atoms with Crippen LogP contribution in [-0.2, 0) is 9.53 Å². The van der Waals surface area contributed by atoms with Gasteiger partial charge in [0.2, 0.25) is 0 Å². The average Bonchev–Trinajstić information content (AvgIpc) is 2.36. The summed E-state index contributed by atoms with van der Waals surface area (Å²) in [5.41, 5.74) is -1.27. The maximum absolute atomic E-state index is 10.8. The van der Waals surface area contributed by atoms with E-state index >= 15 is 0 Å². The van der Waals surface area contributed by atoms with Gasteiger partial charge in [-0.2, -0.15) is 0 Å². The van der Waals surface area contributed by atoms with Gasteiger partial charge in [-0.1, -0.05) is 0 Å². The van der Waals surface area contributed by atoms with E-state index in [1.165, 1.54) is 7.11 Å². The van der Waals surface area contributed by atoms with Crippen LogP contribution in [0.15, 0.2) is 0 Å². The van der Waals surface area contributed by atoms with Crippen molar-refractivity contribution in [3.63, 3.8) is 0 Å². The predicted octanol–water partition coefficient (Wildman–Crippen LogP) is -0.694. The van der Waals surface area contributed by atoms with E-state index in [4.69, 9.17) is 0 Å². The van der Waals surface area contributed by atoms with E-state index in [2.05, 4.69) is 10.1 Å². The second kappa shape index (κ2) is 3.90. The zero-order chi connectivity index (χ0) is 7.61. The fraction of sp³-hybridized carbons (Fsp3) is 0.833. The molecule has 1 atom stereocenters. The molecule has 0 aromatic rings. The summed E-state index contributed by atoms with van der Waals surface area (Å²) in [6.45, 7) is 0.977. The number of hydrogen-bond donors (Lipinski definition) is 2. The molecule has 2 N–H and O–H groups in total. The number of nitrogens with one attached hydrogen (secondary N) is 1. The molecule has 5 heteroatoms. The molecule has 0 aromatic carbocycles. The molecule has 4 nitrogen and oxygen atoms in total. The van der Waals surface area contributed by atoms with E-state index in [1.807, 2.05) is 0 Å². The third kappa shape index (κ3) is 2.05. The van der Waals surface area contributed by atoms with Gasteiger partial charge in [0.15, 0.2) is 5.60 Å². The molecule has 66 valence electrons. The molecule has 1 aliphatic heterocycles. The standard InChI is InChI=1S/C6H11NO3.ClH/c1-10-5(8)6(9)2-3-7-4-6;/h7,9H,2-4H2,1H3;1H/t6-;/m0./s1. The largest absolute Gasteiger partial charge is 0.467 e. The SMILES string of the molecule is COC(=O)[C@]1(O)CCNC1.Cl. The minimum atomic E-state index is -1.27. The summed E-state index contributed by atoms with van der Waals surface area (Å²) >= 11 is 0. The summed E-state index contributed by atoms with van der Waals surface area (Å²) in [6, 6.07) is 0. The quantitative estimate of drug-likeness (QED) is 0.526. The van der Waals surface area contributed by atoms with Crippen molar-refractivity contribution in [2.75, 3.05) is 20.2 Å². The Morgan fingerprint density at radius 1 is 1.73 bits per heavy atom. The van der Waals surface area contributed by atoms with Crippen molar-refractivity contribution in [3.8, 4) is 0 Å². The van der Waals surface area contributed by atoms with Gasteiger partial charge in [-0.15, -0.1) is 12.4 Å². The fourth-order valence-corrected chi connectivity index (χ4v) is 1.04. The Bertz CT molecular complexity index is 145. The first-order chi connectivity index (χ1) is 4.69. The van der Waals surface area contributed by atoms with Gasteiger partial charge in [-0.25, -0.2) is 4.79 Å². The van der Waals surface area contributed by atoms with Gasteiger partial charge in [0.25, 0.3) is 0 Å². The molecule has 1 fully saturated rings. The molecule has 1 heterocycles. The summed E-state index contributed by atoms with van der Waals surface area (Å²) in [6.07, 6.45) is 0.444. The molecule has 1 rings (SSSR count). The Hall–Kier alpha value is -0.320. The van der Waals surface area contributed by atoms with Crippen LogP contribution < -0.4 is 5.32 Å². The molecule has 0 spiro atoms. The van der Waals surface area contributed by atoms with E-state index in [1.54, 1.807) is 0 Å². The van der Waals surface area contributed by atoms with Gasteiger partial charge in [0.1, 0.15) is 0 Å². The first-order valence-electron chi connectivity index (χ1n) is 3.20. The first-order valence-corrected chi connectivity index (χ1v) is 3.20. The van der Waals surface area contributed by atoms with Crippen molar-refractivity contribution in [2.24, 2.45) is 0 Å². The number of rotatable bonds is 1. The highest BCUT2D eigenvalue weighted by Gasteiger charge is 2.39.